The molecule has 0 radical (unpaired) electrons. The highest BCUT2D eigenvalue weighted by molar-refractivity contribution is 5.79. The zero-order chi connectivity index (χ0) is 13.8. The molecule has 0 N–H and O–H groups in total. The van der Waals surface area contributed by atoms with E-state index in [-0.39, 0.29) is 24.1 Å². The lowest BCUT2D eigenvalue weighted by Gasteiger charge is -2.31. The summed E-state index contributed by atoms with van der Waals surface area (Å²) < 4.78 is 11.9. The summed E-state index contributed by atoms with van der Waals surface area (Å²) in [4.78, 5) is 12.0. The minimum atomic E-state index is -0.00187. The summed E-state index contributed by atoms with van der Waals surface area (Å²) >= 11 is 0. The van der Waals surface area contributed by atoms with Gasteiger partial charge >= 0.3 is 0 Å². The number of ether oxygens (including phenoxy) is 2. The van der Waals surface area contributed by atoms with Gasteiger partial charge in [-0.05, 0) is 31.2 Å². The third-order valence-electron chi connectivity index (χ3n) is 4.23. The molecule has 2 heterocycles. The third-order valence-corrected chi connectivity index (χ3v) is 4.23. The first-order valence-electron chi connectivity index (χ1n) is 7.64. The summed E-state index contributed by atoms with van der Waals surface area (Å²) in [5.74, 6) is 0.289. The predicted octanol–water partition coefficient (Wildman–Crippen LogP) is 2.91. The Labute approximate surface area is 120 Å². The van der Waals surface area contributed by atoms with Crippen molar-refractivity contribution < 1.29 is 14.3 Å². The molecule has 2 saturated heterocycles. The van der Waals surface area contributed by atoms with Crippen LogP contribution in [0.5, 0.6) is 0 Å². The number of hydrogen-bond donors (Lipinski definition) is 0. The van der Waals surface area contributed by atoms with Crippen molar-refractivity contribution in [1.29, 1.82) is 0 Å². The Morgan fingerprint density at radius 1 is 1.10 bits per heavy atom. The average Bonchev–Trinajstić information content (AvgIpc) is 2.63. The van der Waals surface area contributed by atoms with E-state index < -0.39 is 0 Å². The molecule has 0 aromatic heterocycles. The predicted molar refractivity (Wildman–Crippen MR) is 76.6 cm³/mol. The largest absolute Gasteiger partial charge is 0.375 e. The number of aryl methyl sites for hydroxylation is 1. The van der Waals surface area contributed by atoms with E-state index in [0.29, 0.717) is 12.8 Å². The van der Waals surface area contributed by atoms with Crippen molar-refractivity contribution in [3.05, 3.63) is 35.9 Å². The van der Waals surface area contributed by atoms with E-state index in [1.165, 1.54) is 5.56 Å². The molecule has 108 valence electrons. The number of hydrogen-bond acceptors (Lipinski definition) is 3. The van der Waals surface area contributed by atoms with E-state index in [4.69, 9.17) is 9.47 Å². The maximum Gasteiger partial charge on any atom is 0.138 e. The standard InChI is InChI=1S/C17H22O3/c18-14-11-15(9-8-13-5-2-1-3-6-13)20-16-7-4-10-19-17(16)12-14/h1-3,5-6,15-17H,4,7-12H2/t15-,16+,17-/m1/s1. The van der Waals surface area contributed by atoms with Crippen LogP contribution in [-0.2, 0) is 20.7 Å². The molecular formula is C17H22O3. The van der Waals surface area contributed by atoms with Crippen molar-refractivity contribution in [3.63, 3.8) is 0 Å². The molecule has 0 spiro atoms. The second kappa shape index (κ2) is 6.51. The molecule has 2 aliphatic heterocycles. The summed E-state index contributed by atoms with van der Waals surface area (Å²) in [5.41, 5.74) is 1.31. The molecule has 0 bridgehead atoms. The molecule has 3 rings (SSSR count). The van der Waals surface area contributed by atoms with Crippen LogP contribution in [-0.4, -0.2) is 30.7 Å². The van der Waals surface area contributed by atoms with Gasteiger partial charge in [0.1, 0.15) is 5.78 Å². The normalized spacial score (nSPS) is 30.6. The molecule has 3 heteroatoms. The molecule has 3 nitrogen and oxygen atoms in total. The number of carbonyl (C=O) groups is 1. The summed E-state index contributed by atoms with van der Waals surface area (Å²) in [6.45, 7) is 0.770. The molecule has 0 saturated carbocycles. The first-order chi connectivity index (χ1) is 9.81. The van der Waals surface area contributed by atoms with Crippen LogP contribution in [0.1, 0.15) is 37.7 Å². The van der Waals surface area contributed by atoms with Crippen molar-refractivity contribution >= 4 is 5.78 Å². The Morgan fingerprint density at radius 3 is 2.80 bits per heavy atom. The summed E-state index contributed by atoms with van der Waals surface area (Å²) in [5, 5.41) is 0. The van der Waals surface area contributed by atoms with Crippen LogP contribution in [0, 0.1) is 0 Å². The van der Waals surface area contributed by atoms with Gasteiger partial charge in [-0.2, -0.15) is 0 Å². The van der Waals surface area contributed by atoms with Gasteiger partial charge < -0.3 is 9.47 Å². The zero-order valence-electron chi connectivity index (χ0n) is 11.8. The second-order valence-corrected chi connectivity index (χ2v) is 5.82. The van der Waals surface area contributed by atoms with Gasteiger partial charge in [-0.3, -0.25) is 4.79 Å². The van der Waals surface area contributed by atoms with Crippen molar-refractivity contribution in [2.24, 2.45) is 0 Å². The van der Waals surface area contributed by atoms with E-state index >= 15 is 0 Å². The van der Waals surface area contributed by atoms with E-state index in [2.05, 4.69) is 24.3 Å². The van der Waals surface area contributed by atoms with Crippen LogP contribution < -0.4 is 0 Å². The molecule has 3 atom stereocenters. The van der Waals surface area contributed by atoms with E-state index in [9.17, 15) is 4.79 Å². The number of ketones is 1. The van der Waals surface area contributed by atoms with Gasteiger partial charge in [0.2, 0.25) is 0 Å². The maximum absolute atomic E-state index is 12.0. The van der Waals surface area contributed by atoms with Crippen molar-refractivity contribution in [2.45, 2.75) is 56.8 Å². The van der Waals surface area contributed by atoms with Crippen molar-refractivity contribution in [2.75, 3.05) is 6.61 Å². The number of fused-ring (bicyclic) bond motifs is 1. The lowest BCUT2D eigenvalue weighted by atomic mass is 10.00. The Morgan fingerprint density at radius 2 is 1.95 bits per heavy atom. The molecule has 20 heavy (non-hydrogen) atoms. The first-order valence-corrected chi connectivity index (χ1v) is 7.64. The van der Waals surface area contributed by atoms with Crippen LogP contribution in [0.3, 0.4) is 0 Å². The molecule has 0 aliphatic carbocycles. The van der Waals surface area contributed by atoms with Crippen molar-refractivity contribution in [1.82, 2.24) is 0 Å². The van der Waals surface area contributed by atoms with Gasteiger partial charge in [0.05, 0.1) is 18.3 Å². The summed E-state index contributed by atoms with van der Waals surface area (Å²) in [6.07, 6.45) is 5.21. The maximum atomic E-state index is 12.0. The number of carbonyl (C=O) groups excluding carboxylic acids is 1. The molecule has 0 amide bonds. The Bertz CT molecular complexity index is 443. The van der Waals surface area contributed by atoms with Crippen molar-refractivity contribution in [3.8, 4) is 0 Å². The lowest BCUT2D eigenvalue weighted by Crippen LogP contribution is -2.37. The van der Waals surface area contributed by atoms with Crippen LogP contribution in [0.25, 0.3) is 0 Å². The van der Waals surface area contributed by atoms with E-state index in [0.717, 1.165) is 32.3 Å². The van der Waals surface area contributed by atoms with Gasteiger partial charge in [-0.15, -0.1) is 0 Å². The Kier molecular flexibility index (Phi) is 4.48. The average molecular weight is 274 g/mol. The van der Waals surface area contributed by atoms with Gasteiger partial charge in [-0.25, -0.2) is 0 Å². The lowest BCUT2D eigenvalue weighted by molar-refractivity contribution is -0.125. The highest BCUT2D eigenvalue weighted by Crippen LogP contribution is 2.27. The Balaban J connectivity index is 1.59. The van der Waals surface area contributed by atoms with Gasteiger partial charge in [0, 0.05) is 19.4 Å². The minimum Gasteiger partial charge on any atom is -0.375 e. The van der Waals surface area contributed by atoms with Gasteiger partial charge in [-0.1, -0.05) is 30.3 Å². The summed E-state index contributed by atoms with van der Waals surface area (Å²) in [7, 11) is 0. The smallest absolute Gasteiger partial charge is 0.138 e. The Hall–Kier alpha value is -1.19. The fraction of sp³-hybridized carbons (Fsp3) is 0.588. The van der Waals surface area contributed by atoms with Crippen LogP contribution in [0.4, 0.5) is 0 Å². The monoisotopic (exact) mass is 274 g/mol. The summed E-state index contributed by atoms with van der Waals surface area (Å²) in [6, 6.07) is 10.4. The third kappa shape index (κ3) is 3.47. The topological polar surface area (TPSA) is 35.5 Å². The number of Topliss-reactive ketones (excluding diaryl/α,β-unsaturated/α-hetero) is 1. The molecule has 1 aromatic rings. The van der Waals surface area contributed by atoms with Gasteiger partial charge in [0.15, 0.2) is 0 Å². The van der Waals surface area contributed by atoms with E-state index in [1.807, 2.05) is 6.07 Å². The van der Waals surface area contributed by atoms with Crippen LogP contribution in [0.15, 0.2) is 30.3 Å². The van der Waals surface area contributed by atoms with Crippen LogP contribution >= 0.6 is 0 Å². The molecule has 2 aliphatic rings. The fourth-order valence-corrected chi connectivity index (χ4v) is 3.16. The highest BCUT2D eigenvalue weighted by Gasteiger charge is 2.34. The first kappa shape index (κ1) is 13.8. The molecule has 1 aromatic carbocycles. The number of benzene rings is 1. The highest BCUT2D eigenvalue weighted by atomic mass is 16.5. The quantitative estimate of drug-likeness (QED) is 0.850. The second-order valence-electron chi connectivity index (χ2n) is 5.82. The van der Waals surface area contributed by atoms with Crippen LogP contribution in [0.2, 0.25) is 0 Å². The number of rotatable bonds is 3. The van der Waals surface area contributed by atoms with Gasteiger partial charge in [0.25, 0.3) is 0 Å². The molecular weight excluding hydrogens is 252 g/mol. The molecule has 0 unspecified atom stereocenters. The minimum absolute atomic E-state index is 0.00187. The molecule has 2 fully saturated rings. The zero-order valence-corrected chi connectivity index (χ0v) is 11.8. The fourth-order valence-electron chi connectivity index (χ4n) is 3.16. The SMILES string of the molecule is O=C1C[C@@H](CCc2ccccc2)O[C@H]2CCCO[C@@H]2C1. The van der Waals surface area contributed by atoms with E-state index in [1.54, 1.807) is 0 Å².